The number of nitrogen functional groups attached to an aromatic ring is 1. The van der Waals surface area contributed by atoms with Gasteiger partial charge in [-0.1, -0.05) is 6.92 Å². The minimum Gasteiger partial charge on any atom is -0.308 e. The third-order valence-corrected chi connectivity index (χ3v) is 3.81. The van der Waals surface area contributed by atoms with Crippen LogP contribution in [0, 0.1) is 10.1 Å². The number of anilines is 1. The molecule has 3 N–H and O–H groups in total. The van der Waals surface area contributed by atoms with Crippen LogP contribution in [0.1, 0.15) is 12.7 Å². The van der Waals surface area contributed by atoms with E-state index >= 15 is 0 Å². The minimum absolute atomic E-state index is 0.0781. The van der Waals surface area contributed by atoms with E-state index in [2.05, 4.69) is 19.8 Å². The number of nitrogens with two attached hydrogens (primary N) is 1. The van der Waals surface area contributed by atoms with Crippen molar-refractivity contribution in [3.8, 4) is 0 Å². The number of nitrogens with zero attached hydrogens (tertiary/aromatic N) is 4. The summed E-state index contributed by atoms with van der Waals surface area (Å²) >= 11 is 2.46. The molecule has 0 saturated carbocycles. The maximum Gasteiger partial charge on any atom is 0.275 e. The van der Waals surface area contributed by atoms with Crippen molar-refractivity contribution < 1.29 is 4.92 Å². The summed E-state index contributed by atoms with van der Waals surface area (Å²) in [7, 11) is 0. The molecule has 0 amide bonds. The molecular weight excluding hydrogens is 288 g/mol. The fourth-order valence-electron chi connectivity index (χ4n) is 1.24. The number of hydrogen-bond donors (Lipinski definition) is 2. The van der Waals surface area contributed by atoms with Crippen LogP contribution < -0.4 is 11.3 Å². The molecule has 0 atom stereocenters. The van der Waals surface area contributed by atoms with Crippen LogP contribution in [0.4, 0.5) is 11.5 Å². The van der Waals surface area contributed by atoms with Gasteiger partial charge in [-0.15, -0.1) is 0 Å². The monoisotopic (exact) mass is 298 g/mol. The molecule has 0 unspecified atom stereocenters. The third kappa shape index (κ3) is 3.36. The summed E-state index contributed by atoms with van der Waals surface area (Å²) in [4.78, 5) is 18.7. The predicted octanol–water partition coefficient (Wildman–Crippen LogP) is 1.84. The van der Waals surface area contributed by atoms with Gasteiger partial charge in [0.15, 0.2) is 4.34 Å². The van der Waals surface area contributed by atoms with E-state index in [9.17, 15) is 10.1 Å². The normalized spacial score (nSPS) is 10.4. The first-order valence-corrected chi connectivity index (χ1v) is 6.85. The van der Waals surface area contributed by atoms with Gasteiger partial charge in [-0.05, 0) is 23.3 Å². The standard InChI is InChI=1S/C9H10N6O2S2/c1-2-6-12-9(19-14-6)18-8-4-5(15(16)17)3-7(11-8)13-10/h3-4H,2,10H2,1H3,(H,11,13). The van der Waals surface area contributed by atoms with Crippen LogP contribution in [0.3, 0.4) is 0 Å². The fraction of sp³-hybridized carbons (Fsp3) is 0.222. The summed E-state index contributed by atoms with van der Waals surface area (Å²) in [6.45, 7) is 1.96. The second-order valence-corrected chi connectivity index (χ2v) is 5.40. The highest BCUT2D eigenvalue weighted by atomic mass is 32.2. The Hall–Kier alpha value is -1.78. The topological polar surface area (TPSA) is 120 Å². The van der Waals surface area contributed by atoms with Crippen molar-refractivity contribution in [2.24, 2.45) is 5.84 Å². The van der Waals surface area contributed by atoms with Gasteiger partial charge in [0, 0.05) is 12.5 Å². The molecule has 2 aromatic heterocycles. The van der Waals surface area contributed by atoms with Gasteiger partial charge in [0.1, 0.15) is 16.7 Å². The van der Waals surface area contributed by atoms with Gasteiger partial charge in [-0.2, -0.15) is 4.37 Å². The van der Waals surface area contributed by atoms with Crippen LogP contribution in [0.25, 0.3) is 0 Å². The van der Waals surface area contributed by atoms with Crippen molar-refractivity contribution in [1.82, 2.24) is 14.3 Å². The highest BCUT2D eigenvalue weighted by Crippen LogP contribution is 2.31. The van der Waals surface area contributed by atoms with Crippen LogP contribution in [-0.4, -0.2) is 19.3 Å². The fourth-order valence-corrected chi connectivity index (χ4v) is 2.91. The van der Waals surface area contributed by atoms with E-state index < -0.39 is 4.92 Å². The molecule has 2 rings (SSSR count). The Balaban J connectivity index is 2.28. The molecule has 2 heterocycles. The summed E-state index contributed by atoms with van der Waals surface area (Å²) in [5.41, 5.74) is 2.23. The molecule has 19 heavy (non-hydrogen) atoms. The molecule has 0 bridgehead atoms. The average Bonchev–Trinajstić information content (AvgIpc) is 2.85. The molecule has 8 nitrogen and oxygen atoms in total. The molecule has 0 spiro atoms. The van der Waals surface area contributed by atoms with Crippen molar-refractivity contribution in [1.29, 1.82) is 0 Å². The molecular formula is C9H10N6O2S2. The van der Waals surface area contributed by atoms with Crippen molar-refractivity contribution in [3.63, 3.8) is 0 Å². The molecule has 0 fully saturated rings. The van der Waals surface area contributed by atoms with Crippen LogP contribution in [-0.2, 0) is 6.42 Å². The Kier molecular flexibility index (Phi) is 4.24. The smallest absolute Gasteiger partial charge is 0.275 e. The zero-order valence-electron chi connectivity index (χ0n) is 9.86. The highest BCUT2D eigenvalue weighted by molar-refractivity contribution is 8.00. The van der Waals surface area contributed by atoms with E-state index in [-0.39, 0.29) is 11.5 Å². The van der Waals surface area contributed by atoms with Crippen LogP contribution in [0.2, 0.25) is 0 Å². The van der Waals surface area contributed by atoms with E-state index in [0.29, 0.717) is 9.37 Å². The lowest BCUT2D eigenvalue weighted by molar-refractivity contribution is -0.385. The number of pyridine rings is 1. The molecule has 0 aliphatic rings. The summed E-state index contributed by atoms with van der Waals surface area (Å²) in [6, 6.07) is 2.64. The Bertz CT molecular complexity index is 602. The van der Waals surface area contributed by atoms with E-state index in [1.807, 2.05) is 6.92 Å². The Labute approximate surface area is 116 Å². The second kappa shape index (κ2) is 5.91. The number of aromatic nitrogens is 3. The Morgan fingerprint density at radius 2 is 2.32 bits per heavy atom. The SMILES string of the molecule is CCc1nsc(Sc2cc([N+](=O)[O-])cc(NN)n2)n1. The summed E-state index contributed by atoms with van der Waals surface area (Å²) in [6.07, 6.45) is 0.745. The van der Waals surface area contributed by atoms with Crippen LogP contribution in [0.15, 0.2) is 21.5 Å². The largest absolute Gasteiger partial charge is 0.308 e. The first-order chi connectivity index (χ1) is 9.12. The minimum atomic E-state index is -0.496. The van der Waals surface area contributed by atoms with Gasteiger partial charge in [-0.25, -0.2) is 15.8 Å². The molecule has 2 aromatic rings. The van der Waals surface area contributed by atoms with E-state index in [4.69, 9.17) is 5.84 Å². The quantitative estimate of drug-likeness (QED) is 0.487. The zero-order valence-corrected chi connectivity index (χ0v) is 11.5. The van der Waals surface area contributed by atoms with Crippen molar-refractivity contribution >= 4 is 34.8 Å². The van der Waals surface area contributed by atoms with E-state index in [1.54, 1.807) is 0 Å². The number of hydrogen-bond acceptors (Lipinski definition) is 9. The Morgan fingerprint density at radius 3 is 2.89 bits per heavy atom. The summed E-state index contributed by atoms with van der Waals surface area (Å²) < 4.78 is 4.83. The van der Waals surface area contributed by atoms with Gasteiger partial charge >= 0.3 is 0 Å². The maximum absolute atomic E-state index is 10.8. The number of rotatable bonds is 5. The van der Waals surface area contributed by atoms with Gasteiger partial charge in [0.2, 0.25) is 0 Å². The predicted molar refractivity (Wildman–Crippen MR) is 72.1 cm³/mol. The molecule has 0 radical (unpaired) electrons. The van der Waals surface area contributed by atoms with Crippen molar-refractivity contribution in [2.45, 2.75) is 22.7 Å². The third-order valence-electron chi connectivity index (χ3n) is 2.10. The lowest BCUT2D eigenvalue weighted by Crippen LogP contribution is -2.09. The van der Waals surface area contributed by atoms with Crippen LogP contribution >= 0.6 is 23.3 Å². The van der Waals surface area contributed by atoms with Gasteiger partial charge < -0.3 is 5.43 Å². The lowest BCUT2D eigenvalue weighted by atomic mass is 10.4. The van der Waals surface area contributed by atoms with E-state index in [1.165, 1.54) is 35.4 Å². The number of nitrogens with one attached hydrogen (secondary N) is 1. The number of hydrazine groups is 1. The molecule has 100 valence electrons. The summed E-state index contributed by atoms with van der Waals surface area (Å²) in [5, 5.41) is 11.2. The second-order valence-electron chi connectivity index (χ2n) is 3.38. The first-order valence-electron chi connectivity index (χ1n) is 5.26. The lowest BCUT2D eigenvalue weighted by Gasteiger charge is -2.02. The number of nitro groups is 1. The van der Waals surface area contributed by atoms with Crippen LogP contribution in [0.5, 0.6) is 0 Å². The maximum atomic E-state index is 10.8. The van der Waals surface area contributed by atoms with Gasteiger partial charge in [0.05, 0.1) is 11.0 Å². The first kappa shape index (κ1) is 13.6. The Morgan fingerprint density at radius 1 is 1.53 bits per heavy atom. The number of aryl methyl sites for hydroxylation is 1. The zero-order chi connectivity index (χ0) is 13.8. The molecule has 0 aromatic carbocycles. The summed E-state index contributed by atoms with van der Waals surface area (Å²) in [5.74, 6) is 6.22. The van der Waals surface area contributed by atoms with E-state index in [0.717, 1.165) is 12.2 Å². The van der Waals surface area contributed by atoms with Crippen molar-refractivity contribution in [2.75, 3.05) is 5.43 Å². The van der Waals surface area contributed by atoms with Crippen molar-refractivity contribution in [3.05, 3.63) is 28.1 Å². The molecule has 10 heteroatoms. The molecule has 0 aliphatic carbocycles. The molecule has 0 saturated heterocycles. The molecule has 0 aliphatic heterocycles. The average molecular weight is 298 g/mol. The highest BCUT2D eigenvalue weighted by Gasteiger charge is 2.13. The van der Waals surface area contributed by atoms with Gasteiger partial charge in [0.25, 0.3) is 5.69 Å². The van der Waals surface area contributed by atoms with Gasteiger partial charge in [-0.3, -0.25) is 10.1 Å².